The molecular weight excluding hydrogens is 448 g/mol. The lowest BCUT2D eigenvalue weighted by atomic mass is 9.79. The predicted molar refractivity (Wildman–Crippen MR) is 135 cm³/mol. The van der Waals surface area contributed by atoms with Gasteiger partial charge in [0.1, 0.15) is 11.4 Å². The fraction of sp³-hybridized carbons (Fsp3) is 0.462. The van der Waals surface area contributed by atoms with E-state index in [1.807, 2.05) is 30.5 Å². The van der Waals surface area contributed by atoms with E-state index < -0.39 is 9.52 Å². The van der Waals surface area contributed by atoms with Crippen molar-refractivity contribution in [2.45, 2.75) is 56.4 Å². The molecule has 0 amide bonds. The summed E-state index contributed by atoms with van der Waals surface area (Å²) < 4.78 is 24.2. The highest BCUT2D eigenvalue weighted by Gasteiger charge is 2.43. The molecule has 3 aromatic rings. The molecule has 1 fully saturated rings. The van der Waals surface area contributed by atoms with Gasteiger partial charge < -0.3 is 14.2 Å². The summed E-state index contributed by atoms with van der Waals surface area (Å²) in [6.45, 7) is 8.11. The van der Waals surface area contributed by atoms with Crippen LogP contribution in [0.1, 0.15) is 50.9 Å². The van der Waals surface area contributed by atoms with Crippen molar-refractivity contribution in [2.24, 2.45) is 5.92 Å². The zero-order valence-corrected chi connectivity index (χ0v) is 21.1. The first-order chi connectivity index (χ1) is 16.1. The van der Waals surface area contributed by atoms with Gasteiger partial charge in [-0.3, -0.25) is 9.19 Å². The SMILES string of the molecule is C=S(C)(=O)c1ccc(-c2cc3c(cn2)O[C@](C)(C2CCN(c4nc(C(C)C)no4)CC2)C3)cc1. The maximum absolute atomic E-state index is 12.2. The van der Waals surface area contributed by atoms with Crippen molar-refractivity contribution in [1.29, 1.82) is 0 Å². The third-order valence-corrected chi connectivity index (χ3v) is 8.33. The summed E-state index contributed by atoms with van der Waals surface area (Å²) in [6, 6.07) is 10.4. The summed E-state index contributed by atoms with van der Waals surface area (Å²) in [4.78, 5) is 12.1. The number of hydrogen-bond donors (Lipinski definition) is 0. The normalized spacial score (nSPS) is 22.4. The van der Waals surface area contributed by atoms with E-state index in [2.05, 4.69) is 52.7 Å². The number of hydrogen-bond acceptors (Lipinski definition) is 7. The molecule has 34 heavy (non-hydrogen) atoms. The van der Waals surface area contributed by atoms with Gasteiger partial charge in [-0.15, -0.1) is 0 Å². The molecule has 2 atom stereocenters. The van der Waals surface area contributed by atoms with Crippen LogP contribution in [0.5, 0.6) is 5.75 Å². The molecule has 0 radical (unpaired) electrons. The highest BCUT2D eigenvalue weighted by atomic mass is 32.2. The van der Waals surface area contributed by atoms with E-state index in [0.717, 1.165) is 60.1 Å². The van der Waals surface area contributed by atoms with Crippen LogP contribution in [-0.4, -0.2) is 50.2 Å². The van der Waals surface area contributed by atoms with Gasteiger partial charge in [0.15, 0.2) is 5.82 Å². The van der Waals surface area contributed by atoms with Crippen molar-refractivity contribution in [3.8, 4) is 17.0 Å². The van der Waals surface area contributed by atoms with Crippen LogP contribution in [0.4, 0.5) is 6.01 Å². The minimum Gasteiger partial charge on any atom is -0.485 e. The van der Waals surface area contributed by atoms with Crippen LogP contribution < -0.4 is 9.64 Å². The van der Waals surface area contributed by atoms with E-state index in [-0.39, 0.29) is 11.5 Å². The largest absolute Gasteiger partial charge is 0.485 e. The number of rotatable bonds is 5. The zero-order valence-electron chi connectivity index (χ0n) is 20.3. The van der Waals surface area contributed by atoms with Gasteiger partial charge in [-0.25, -0.2) is 0 Å². The molecule has 0 aliphatic carbocycles. The molecule has 2 aliphatic heterocycles. The lowest BCUT2D eigenvalue weighted by Gasteiger charge is -2.39. The average molecular weight is 481 g/mol. The molecule has 180 valence electrons. The smallest absolute Gasteiger partial charge is 0.324 e. The van der Waals surface area contributed by atoms with Crippen LogP contribution in [0.2, 0.25) is 0 Å². The highest BCUT2D eigenvalue weighted by Crippen LogP contribution is 2.43. The molecule has 1 saturated heterocycles. The first-order valence-corrected chi connectivity index (χ1v) is 13.9. The maximum atomic E-state index is 12.2. The van der Waals surface area contributed by atoms with Gasteiger partial charge in [-0.2, -0.15) is 4.98 Å². The summed E-state index contributed by atoms with van der Waals surface area (Å²) in [5.41, 5.74) is 2.83. The van der Waals surface area contributed by atoms with Crippen molar-refractivity contribution < 1.29 is 13.5 Å². The number of piperidine rings is 1. The fourth-order valence-corrected chi connectivity index (χ4v) is 5.66. The Morgan fingerprint density at radius 2 is 1.91 bits per heavy atom. The van der Waals surface area contributed by atoms with Gasteiger partial charge in [0.05, 0.1) is 11.9 Å². The van der Waals surface area contributed by atoms with Crippen molar-refractivity contribution >= 4 is 21.4 Å². The lowest BCUT2D eigenvalue weighted by molar-refractivity contribution is 0.0343. The molecule has 5 rings (SSSR count). The Morgan fingerprint density at radius 3 is 2.53 bits per heavy atom. The van der Waals surface area contributed by atoms with Crippen LogP contribution in [0.25, 0.3) is 11.3 Å². The molecule has 1 unspecified atom stereocenters. The Bertz CT molecular complexity index is 1290. The van der Waals surface area contributed by atoms with Gasteiger partial charge >= 0.3 is 6.01 Å². The minimum absolute atomic E-state index is 0.252. The number of ether oxygens (including phenoxy) is 1. The first-order valence-electron chi connectivity index (χ1n) is 11.8. The Kier molecular flexibility index (Phi) is 5.67. The molecule has 0 saturated carbocycles. The quantitative estimate of drug-likeness (QED) is 0.495. The Hall–Kier alpha value is -2.87. The van der Waals surface area contributed by atoms with E-state index in [1.54, 1.807) is 6.26 Å². The van der Waals surface area contributed by atoms with E-state index in [1.165, 1.54) is 5.56 Å². The Balaban J connectivity index is 1.27. The van der Waals surface area contributed by atoms with Crippen LogP contribution in [0.3, 0.4) is 0 Å². The van der Waals surface area contributed by atoms with E-state index in [0.29, 0.717) is 11.9 Å². The molecular formula is C26H32N4O3S. The fourth-order valence-electron chi connectivity index (χ4n) is 4.95. The first kappa shape index (κ1) is 22.9. The topological polar surface area (TPSA) is 81.4 Å². The minimum atomic E-state index is -2.22. The highest BCUT2D eigenvalue weighted by molar-refractivity contribution is 7.99. The number of aromatic nitrogens is 3. The third-order valence-electron chi connectivity index (χ3n) is 7.06. The van der Waals surface area contributed by atoms with Crippen molar-refractivity contribution in [3.63, 3.8) is 0 Å². The summed E-state index contributed by atoms with van der Waals surface area (Å²) in [5, 5.41) is 4.10. The zero-order chi connectivity index (χ0) is 24.1. The van der Waals surface area contributed by atoms with Gasteiger partial charge in [-0.1, -0.05) is 31.1 Å². The van der Waals surface area contributed by atoms with Crippen molar-refractivity contribution in [2.75, 3.05) is 24.2 Å². The molecule has 2 aliphatic rings. The van der Waals surface area contributed by atoms with Gasteiger partial charge in [0.2, 0.25) is 0 Å². The molecule has 0 N–H and O–H groups in total. The molecule has 1 aromatic carbocycles. The summed E-state index contributed by atoms with van der Waals surface area (Å²) in [7, 11) is -2.22. The van der Waals surface area contributed by atoms with Crippen LogP contribution in [-0.2, 0) is 15.9 Å². The summed E-state index contributed by atoms with van der Waals surface area (Å²) in [6.07, 6.45) is 6.37. The predicted octanol–water partition coefficient (Wildman–Crippen LogP) is 4.57. The molecule has 4 heterocycles. The monoisotopic (exact) mass is 480 g/mol. The second kappa shape index (κ2) is 8.41. The molecule has 0 spiro atoms. The average Bonchev–Trinajstić information content (AvgIpc) is 3.43. The van der Waals surface area contributed by atoms with Crippen molar-refractivity contribution in [3.05, 3.63) is 47.9 Å². The Labute approximate surface area is 201 Å². The number of fused-ring (bicyclic) bond motifs is 1. The lowest BCUT2D eigenvalue weighted by Crippen LogP contribution is -2.46. The van der Waals surface area contributed by atoms with E-state index in [4.69, 9.17) is 9.26 Å². The number of benzene rings is 1. The van der Waals surface area contributed by atoms with E-state index >= 15 is 0 Å². The molecule has 0 bridgehead atoms. The van der Waals surface area contributed by atoms with E-state index in [9.17, 15) is 4.21 Å². The standard InChI is InChI=1S/C26H32N4O3S/c1-17(2)24-28-25(33-29-24)30-12-10-20(11-13-30)26(3)15-19-14-22(27-16-23(19)32-26)18-6-8-21(9-7-18)34(4,5)31/h6-9,14,16-17,20H,4,10-13,15H2,1-3,5H3/t26-,34?/m0/s1. The Morgan fingerprint density at radius 1 is 1.21 bits per heavy atom. The van der Waals surface area contributed by atoms with Crippen LogP contribution in [0, 0.1) is 5.92 Å². The number of anilines is 1. The van der Waals surface area contributed by atoms with Crippen LogP contribution >= 0.6 is 0 Å². The number of pyridine rings is 1. The summed E-state index contributed by atoms with van der Waals surface area (Å²) >= 11 is 0. The van der Waals surface area contributed by atoms with Gasteiger partial charge in [0, 0.05) is 53.6 Å². The summed E-state index contributed by atoms with van der Waals surface area (Å²) in [5.74, 6) is 6.08. The molecule has 7 nitrogen and oxygen atoms in total. The van der Waals surface area contributed by atoms with Crippen molar-refractivity contribution in [1.82, 2.24) is 15.1 Å². The molecule has 8 heteroatoms. The van der Waals surface area contributed by atoms with Gasteiger partial charge in [-0.05, 0) is 53.4 Å². The molecule has 2 aromatic heterocycles. The van der Waals surface area contributed by atoms with Gasteiger partial charge in [0.25, 0.3) is 0 Å². The second-order valence-electron chi connectivity index (χ2n) is 10.1. The van der Waals surface area contributed by atoms with Crippen LogP contribution in [0.15, 0.2) is 45.9 Å². The third kappa shape index (κ3) is 4.31. The number of nitrogens with zero attached hydrogens (tertiary/aromatic N) is 4. The maximum Gasteiger partial charge on any atom is 0.324 e. The second-order valence-corrected chi connectivity index (χ2v) is 12.6.